The van der Waals surface area contributed by atoms with Crippen LogP contribution in [0.5, 0.6) is 0 Å². The number of rotatable bonds is 5. The number of aromatic nitrogens is 1. The Morgan fingerprint density at radius 3 is 2.38 bits per heavy atom. The van der Waals surface area contributed by atoms with Crippen LogP contribution in [-0.2, 0) is 14.8 Å². The van der Waals surface area contributed by atoms with Crippen molar-refractivity contribution in [1.82, 2.24) is 9.71 Å². The van der Waals surface area contributed by atoms with Crippen LogP contribution in [-0.4, -0.2) is 30.5 Å². The third kappa shape index (κ3) is 3.65. The predicted molar refractivity (Wildman–Crippen MR) is 85.6 cm³/mol. The molecule has 1 aromatic carbocycles. The molecule has 1 aromatic heterocycles. The van der Waals surface area contributed by atoms with E-state index >= 15 is 0 Å². The number of nitrogens with one attached hydrogen (secondary N) is 1. The summed E-state index contributed by atoms with van der Waals surface area (Å²) in [6.07, 6.45) is 5.02. The van der Waals surface area contributed by atoms with Gasteiger partial charge in [-0.2, -0.15) is 0 Å². The average Bonchev–Trinajstić information content (AvgIpc) is 3.09. The fraction of sp³-hybridized carbons (Fsp3) is 0.375. The summed E-state index contributed by atoms with van der Waals surface area (Å²) < 4.78 is 32.7. The van der Waals surface area contributed by atoms with Gasteiger partial charge < -0.3 is 9.52 Å². The molecule has 0 atom stereocenters. The number of hydrogen-bond acceptors (Lipinski definition) is 5. The monoisotopic (exact) mass is 350 g/mol. The van der Waals surface area contributed by atoms with Crippen molar-refractivity contribution in [3.8, 4) is 11.5 Å². The van der Waals surface area contributed by atoms with Crippen molar-refractivity contribution >= 4 is 16.0 Å². The van der Waals surface area contributed by atoms with Crippen molar-refractivity contribution in [2.75, 3.05) is 0 Å². The average molecular weight is 350 g/mol. The number of sulfonamides is 1. The Bertz CT molecular complexity index is 792. The van der Waals surface area contributed by atoms with E-state index < -0.39 is 16.0 Å². The molecule has 1 heterocycles. The molecular formula is C16H18N2O5S. The summed E-state index contributed by atoms with van der Waals surface area (Å²) in [7, 11) is -3.63. The minimum Gasteiger partial charge on any atom is -0.481 e. The van der Waals surface area contributed by atoms with Gasteiger partial charge in [-0.1, -0.05) is 0 Å². The van der Waals surface area contributed by atoms with Crippen LogP contribution < -0.4 is 4.72 Å². The standard InChI is InChI=1S/C16H18N2O5S/c19-16(20)12-1-5-13(6-2-12)18-24(21,22)14-7-3-11(4-8-14)15-17-9-10-23-15/h3-4,7-10,12-13,18H,1-2,5-6H2,(H,19,20). The second-order valence-corrected chi connectivity index (χ2v) is 7.58. The van der Waals surface area contributed by atoms with Crippen LogP contribution in [0.4, 0.5) is 0 Å². The molecule has 8 heteroatoms. The first-order valence-electron chi connectivity index (χ1n) is 7.71. The number of carbonyl (C=O) groups is 1. The van der Waals surface area contributed by atoms with Gasteiger partial charge in [-0.15, -0.1) is 0 Å². The van der Waals surface area contributed by atoms with Gasteiger partial charge in [0.2, 0.25) is 15.9 Å². The van der Waals surface area contributed by atoms with E-state index in [9.17, 15) is 13.2 Å². The van der Waals surface area contributed by atoms with Crippen molar-refractivity contribution in [2.45, 2.75) is 36.6 Å². The van der Waals surface area contributed by atoms with E-state index in [1.165, 1.54) is 24.6 Å². The largest absolute Gasteiger partial charge is 0.481 e. The number of oxazole rings is 1. The Morgan fingerprint density at radius 1 is 1.17 bits per heavy atom. The first-order chi connectivity index (χ1) is 11.5. The Kier molecular flexibility index (Phi) is 4.68. The summed E-state index contributed by atoms with van der Waals surface area (Å²) in [5.74, 6) is -0.747. The Hall–Kier alpha value is -2.19. The van der Waals surface area contributed by atoms with Gasteiger partial charge in [-0.3, -0.25) is 4.79 Å². The molecule has 0 bridgehead atoms. The van der Waals surface area contributed by atoms with E-state index in [0.29, 0.717) is 37.1 Å². The van der Waals surface area contributed by atoms with E-state index in [0.717, 1.165) is 0 Å². The van der Waals surface area contributed by atoms with Gasteiger partial charge in [0.25, 0.3) is 0 Å². The van der Waals surface area contributed by atoms with Gasteiger partial charge in [0, 0.05) is 11.6 Å². The number of aliphatic carboxylic acids is 1. The molecule has 7 nitrogen and oxygen atoms in total. The first kappa shape index (κ1) is 16.7. The first-order valence-corrected chi connectivity index (χ1v) is 9.19. The molecule has 128 valence electrons. The fourth-order valence-electron chi connectivity index (χ4n) is 2.89. The van der Waals surface area contributed by atoms with Crippen molar-refractivity contribution in [2.24, 2.45) is 5.92 Å². The van der Waals surface area contributed by atoms with Crippen molar-refractivity contribution in [3.05, 3.63) is 36.7 Å². The number of benzene rings is 1. The van der Waals surface area contributed by atoms with Crippen LogP contribution in [0.3, 0.4) is 0 Å². The summed E-state index contributed by atoms with van der Waals surface area (Å²) in [6, 6.07) is 6.07. The molecule has 0 aliphatic heterocycles. The maximum Gasteiger partial charge on any atom is 0.306 e. The third-order valence-corrected chi connectivity index (χ3v) is 5.78. The molecule has 0 spiro atoms. The highest BCUT2D eigenvalue weighted by Crippen LogP contribution is 2.26. The van der Waals surface area contributed by atoms with Crippen LogP contribution in [0.25, 0.3) is 11.5 Å². The van der Waals surface area contributed by atoms with Gasteiger partial charge in [0.1, 0.15) is 6.26 Å². The summed E-state index contributed by atoms with van der Waals surface area (Å²) in [6.45, 7) is 0. The molecule has 0 radical (unpaired) electrons. The summed E-state index contributed by atoms with van der Waals surface area (Å²) >= 11 is 0. The van der Waals surface area contributed by atoms with Crippen LogP contribution in [0.2, 0.25) is 0 Å². The summed E-state index contributed by atoms with van der Waals surface area (Å²) in [4.78, 5) is 15.1. The second-order valence-electron chi connectivity index (χ2n) is 5.87. The Labute approximate surface area is 139 Å². The smallest absolute Gasteiger partial charge is 0.306 e. The maximum atomic E-state index is 12.4. The van der Waals surface area contributed by atoms with Crippen LogP contribution in [0.15, 0.2) is 46.0 Å². The predicted octanol–water partition coefficient (Wildman–Crippen LogP) is 2.26. The zero-order valence-corrected chi connectivity index (χ0v) is 13.7. The molecule has 3 rings (SSSR count). The van der Waals surface area contributed by atoms with Crippen LogP contribution in [0, 0.1) is 5.92 Å². The lowest BCUT2D eigenvalue weighted by molar-refractivity contribution is -0.142. The third-order valence-electron chi connectivity index (χ3n) is 4.24. The Balaban J connectivity index is 1.66. The molecule has 0 unspecified atom stereocenters. The van der Waals surface area contributed by atoms with Gasteiger partial charge >= 0.3 is 5.97 Å². The number of carboxylic acid groups (broad SMARTS) is 1. The van der Waals surface area contributed by atoms with Crippen LogP contribution >= 0.6 is 0 Å². The summed E-state index contributed by atoms with van der Waals surface area (Å²) in [5.41, 5.74) is 0.695. The molecule has 2 N–H and O–H groups in total. The topological polar surface area (TPSA) is 110 Å². The number of nitrogens with zero attached hydrogens (tertiary/aromatic N) is 1. The minimum absolute atomic E-state index is 0.165. The number of hydrogen-bond donors (Lipinski definition) is 2. The normalized spacial score (nSPS) is 21.5. The lowest BCUT2D eigenvalue weighted by Gasteiger charge is -2.26. The molecule has 1 fully saturated rings. The zero-order valence-electron chi connectivity index (χ0n) is 12.9. The van der Waals surface area contributed by atoms with Gasteiger partial charge in [0.15, 0.2) is 0 Å². The minimum atomic E-state index is -3.63. The van der Waals surface area contributed by atoms with E-state index in [4.69, 9.17) is 9.52 Å². The quantitative estimate of drug-likeness (QED) is 0.856. The fourth-order valence-corrected chi connectivity index (χ4v) is 4.19. The van der Waals surface area contributed by atoms with E-state index in [-0.39, 0.29) is 16.9 Å². The number of carboxylic acids is 1. The highest BCUT2D eigenvalue weighted by Gasteiger charge is 2.28. The lowest BCUT2D eigenvalue weighted by Crippen LogP contribution is -2.38. The van der Waals surface area contributed by atoms with Gasteiger partial charge in [-0.25, -0.2) is 18.1 Å². The van der Waals surface area contributed by atoms with E-state index in [1.54, 1.807) is 12.1 Å². The highest BCUT2D eigenvalue weighted by molar-refractivity contribution is 7.89. The molecule has 24 heavy (non-hydrogen) atoms. The second kappa shape index (κ2) is 6.74. The molecule has 1 aliphatic rings. The molecule has 1 aliphatic carbocycles. The zero-order chi connectivity index (χ0) is 17.2. The van der Waals surface area contributed by atoms with Crippen LogP contribution in [0.1, 0.15) is 25.7 Å². The van der Waals surface area contributed by atoms with Gasteiger partial charge in [-0.05, 0) is 49.9 Å². The van der Waals surface area contributed by atoms with Crippen molar-refractivity contribution in [3.63, 3.8) is 0 Å². The Morgan fingerprint density at radius 2 is 1.83 bits per heavy atom. The highest BCUT2D eigenvalue weighted by atomic mass is 32.2. The van der Waals surface area contributed by atoms with Gasteiger partial charge in [0.05, 0.1) is 17.0 Å². The molecule has 0 saturated heterocycles. The van der Waals surface area contributed by atoms with E-state index in [1.807, 2.05) is 0 Å². The molecule has 1 saturated carbocycles. The molecular weight excluding hydrogens is 332 g/mol. The lowest BCUT2D eigenvalue weighted by atomic mass is 9.87. The van der Waals surface area contributed by atoms with Crippen molar-refractivity contribution in [1.29, 1.82) is 0 Å². The van der Waals surface area contributed by atoms with E-state index in [2.05, 4.69) is 9.71 Å². The maximum absolute atomic E-state index is 12.4. The molecule has 2 aromatic rings. The molecule has 0 amide bonds. The SMILES string of the molecule is O=C(O)C1CCC(NS(=O)(=O)c2ccc(-c3ncco3)cc2)CC1. The van der Waals surface area contributed by atoms with Crippen molar-refractivity contribution < 1.29 is 22.7 Å². The summed E-state index contributed by atoms with van der Waals surface area (Å²) in [5, 5.41) is 8.99.